The Morgan fingerprint density at radius 1 is 1.02 bits per heavy atom. The molecule has 2 aromatic carbocycles. The molecule has 0 spiro atoms. The molecule has 3 rings (SSSR count). The molecule has 1 unspecified atom stereocenters. The molecule has 11 heteroatoms. The van der Waals surface area contributed by atoms with Gasteiger partial charge in [-0.3, -0.25) is 9.59 Å². The van der Waals surface area contributed by atoms with E-state index in [-0.39, 0.29) is 18.5 Å². The Hall–Kier alpha value is -2.33. The van der Waals surface area contributed by atoms with Gasteiger partial charge >= 0.3 is 10.2 Å². The smallest absolute Gasteiger partial charge is 0.304 e. The second-order valence-corrected chi connectivity index (χ2v) is 13.5. The fourth-order valence-corrected chi connectivity index (χ4v) is 6.64. The van der Waals surface area contributed by atoms with Gasteiger partial charge in [-0.15, -0.1) is 0 Å². The van der Waals surface area contributed by atoms with Gasteiger partial charge in [0.15, 0.2) is 0 Å². The Kier molecular flexibility index (Phi) is 11.3. The van der Waals surface area contributed by atoms with Crippen molar-refractivity contribution in [3.63, 3.8) is 0 Å². The highest BCUT2D eigenvalue weighted by atomic mass is 35.5. The quantitative estimate of drug-likeness (QED) is 0.365. The highest BCUT2D eigenvalue weighted by Crippen LogP contribution is 2.29. The summed E-state index contributed by atoms with van der Waals surface area (Å²) in [6.07, 6.45) is 5.37. The van der Waals surface area contributed by atoms with E-state index in [1.807, 2.05) is 26.0 Å². The van der Waals surface area contributed by atoms with E-state index in [1.54, 1.807) is 31.2 Å². The Morgan fingerprint density at radius 3 is 2.23 bits per heavy atom. The van der Waals surface area contributed by atoms with Crippen molar-refractivity contribution in [1.82, 2.24) is 14.5 Å². The van der Waals surface area contributed by atoms with Gasteiger partial charge in [0, 0.05) is 42.3 Å². The number of anilines is 1. The van der Waals surface area contributed by atoms with Gasteiger partial charge in [-0.2, -0.15) is 12.7 Å². The Balaban J connectivity index is 2.04. The fraction of sp³-hybridized carbons (Fsp3) is 0.517. The van der Waals surface area contributed by atoms with Crippen LogP contribution in [-0.4, -0.2) is 62.2 Å². The number of benzene rings is 2. The Morgan fingerprint density at radius 2 is 1.65 bits per heavy atom. The zero-order valence-electron chi connectivity index (χ0n) is 23.9. The molecule has 0 saturated heterocycles. The lowest BCUT2D eigenvalue weighted by molar-refractivity contribution is -0.140. The normalized spacial score (nSPS) is 15.1. The number of rotatable bonds is 11. The molecule has 40 heavy (non-hydrogen) atoms. The van der Waals surface area contributed by atoms with Crippen LogP contribution in [0.4, 0.5) is 5.69 Å². The van der Waals surface area contributed by atoms with E-state index in [0.29, 0.717) is 33.3 Å². The van der Waals surface area contributed by atoms with Crippen LogP contribution in [-0.2, 0) is 26.3 Å². The van der Waals surface area contributed by atoms with Crippen molar-refractivity contribution in [2.75, 3.05) is 24.9 Å². The van der Waals surface area contributed by atoms with Crippen molar-refractivity contribution in [2.45, 2.75) is 77.9 Å². The molecule has 1 fully saturated rings. The lowest BCUT2D eigenvalue weighted by Crippen LogP contribution is -2.54. The van der Waals surface area contributed by atoms with E-state index in [2.05, 4.69) is 5.32 Å². The van der Waals surface area contributed by atoms with Gasteiger partial charge in [0.25, 0.3) is 0 Å². The number of amides is 2. The van der Waals surface area contributed by atoms with Crippen LogP contribution < -0.4 is 9.62 Å². The minimum absolute atomic E-state index is 0.0451. The van der Waals surface area contributed by atoms with Gasteiger partial charge in [-0.05, 0) is 62.4 Å². The molecule has 2 aromatic rings. The van der Waals surface area contributed by atoms with Crippen LogP contribution in [0.3, 0.4) is 0 Å². The third kappa shape index (κ3) is 7.69. The van der Waals surface area contributed by atoms with E-state index in [4.69, 9.17) is 23.2 Å². The lowest BCUT2D eigenvalue weighted by atomic mass is 9.95. The number of carbonyl (C=O) groups excluding carboxylic acids is 2. The first-order valence-electron chi connectivity index (χ1n) is 13.7. The molecule has 0 aliphatic heterocycles. The summed E-state index contributed by atoms with van der Waals surface area (Å²) in [4.78, 5) is 29.2. The standard InChI is InChI=1S/C29H40Cl2N4O4S/c1-6-26(29(37)32-22-11-8-7-9-12-22)34(18-23-24(30)13-10-14-25(23)31)28(36)19-35(40(38,39)33(4)5)27-17-20(2)15-16-21(27)3/h10,13-17,22,26H,6-9,11-12,18-19H2,1-5H3,(H,32,37). The van der Waals surface area contributed by atoms with E-state index >= 15 is 0 Å². The number of halogens is 2. The number of hydrogen-bond donors (Lipinski definition) is 1. The van der Waals surface area contributed by atoms with Gasteiger partial charge in [-0.1, -0.05) is 67.6 Å². The fourth-order valence-electron chi connectivity index (χ4n) is 5.01. The molecule has 220 valence electrons. The molecule has 1 saturated carbocycles. The minimum atomic E-state index is -4.06. The molecule has 1 N–H and O–H groups in total. The number of carbonyl (C=O) groups is 2. The van der Waals surface area contributed by atoms with Gasteiger partial charge in [0.05, 0.1) is 5.69 Å². The van der Waals surface area contributed by atoms with Crippen molar-refractivity contribution >= 4 is 50.9 Å². The molecule has 0 aromatic heterocycles. The van der Waals surface area contributed by atoms with Gasteiger partial charge in [0.1, 0.15) is 12.6 Å². The third-order valence-electron chi connectivity index (χ3n) is 7.38. The first kappa shape index (κ1) is 32.2. The highest BCUT2D eigenvalue weighted by molar-refractivity contribution is 7.90. The van der Waals surface area contributed by atoms with Crippen LogP contribution in [0.5, 0.6) is 0 Å². The SMILES string of the molecule is CCC(C(=O)NC1CCCCC1)N(Cc1c(Cl)cccc1Cl)C(=O)CN(c1cc(C)ccc1C)S(=O)(=O)N(C)C. The topological polar surface area (TPSA) is 90.0 Å². The highest BCUT2D eigenvalue weighted by Gasteiger charge is 2.35. The summed E-state index contributed by atoms with van der Waals surface area (Å²) in [7, 11) is -1.21. The number of nitrogens with one attached hydrogen (secondary N) is 1. The molecular formula is C29H40Cl2N4O4S. The summed E-state index contributed by atoms with van der Waals surface area (Å²) in [6.45, 7) is 4.94. The summed E-state index contributed by atoms with van der Waals surface area (Å²) in [5.41, 5.74) is 2.45. The van der Waals surface area contributed by atoms with Crippen molar-refractivity contribution < 1.29 is 18.0 Å². The van der Waals surface area contributed by atoms with E-state index in [9.17, 15) is 18.0 Å². The second kappa shape index (κ2) is 14.0. The van der Waals surface area contributed by atoms with Crippen LogP contribution >= 0.6 is 23.2 Å². The molecule has 1 atom stereocenters. The Labute approximate surface area is 248 Å². The summed E-state index contributed by atoms with van der Waals surface area (Å²) in [6, 6.07) is 9.71. The maximum atomic E-state index is 14.2. The largest absolute Gasteiger partial charge is 0.352 e. The lowest BCUT2D eigenvalue weighted by Gasteiger charge is -2.35. The first-order valence-corrected chi connectivity index (χ1v) is 15.8. The second-order valence-electron chi connectivity index (χ2n) is 10.6. The first-order chi connectivity index (χ1) is 18.9. The average molecular weight is 612 g/mol. The average Bonchev–Trinajstić information content (AvgIpc) is 2.90. The van der Waals surface area contributed by atoms with Crippen LogP contribution in [0.2, 0.25) is 10.0 Å². The number of nitrogens with zero attached hydrogens (tertiary/aromatic N) is 3. The molecule has 0 radical (unpaired) electrons. The molecule has 8 nitrogen and oxygen atoms in total. The number of hydrogen-bond acceptors (Lipinski definition) is 4. The predicted molar refractivity (Wildman–Crippen MR) is 162 cm³/mol. The minimum Gasteiger partial charge on any atom is -0.352 e. The number of aryl methyl sites for hydroxylation is 2. The zero-order chi connectivity index (χ0) is 29.6. The van der Waals surface area contributed by atoms with E-state index < -0.39 is 28.7 Å². The third-order valence-corrected chi connectivity index (χ3v) is 9.89. The Bertz CT molecular complexity index is 1290. The van der Waals surface area contributed by atoms with Gasteiger partial charge in [0.2, 0.25) is 11.8 Å². The van der Waals surface area contributed by atoms with E-state index in [0.717, 1.165) is 46.3 Å². The summed E-state index contributed by atoms with van der Waals surface area (Å²) < 4.78 is 29.2. The van der Waals surface area contributed by atoms with Crippen molar-refractivity contribution in [3.8, 4) is 0 Å². The molecule has 0 heterocycles. The van der Waals surface area contributed by atoms with Gasteiger partial charge < -0.3 is 10.2 Å². The maximum absolute atomic E-state index is 14.2. The van der Waals surface area contributed by atoms with Crippen molar-refractivity contribution in [2.24, 2.45) is 0 Å². The molecule has 2 amide bonds. The summed E-state index contributed by atoms with van der Waals surface area (Å²) in [5, 5.41) is 3.85. The molecule has 1 aliphatic carbocycles. The summed E-state index contributed by atoms with van der Waals surface area (Å²) >= 11 is 13.0. The van der Waals surface area contributed by atoms with Crippen molar-refractivity contribution in [3.05, 3.63) is 63.1 Å². The maximum Gasteiger partial charge on any atom is 0.304 e. The predicted octanol–water partition coefficient (Wildman–Crippen LogP) is 5.48. The van der Waals surface area contributed by atoms with Crippen LogP contribution in [0.25, 0.3) is 0 Å². The monoisotopic (exact) mass is 610 g/mol. The van der Waals surface area contributed by atoms with E-state index in [1.165, 1.54) is 19.0 Å². The summed E-state index contributed by atoms with van der Waals surface area (Å²) in [5.74, 6) is -0.798. The molecular weight excluding hydrogens is 571 g/mol. The molecule has 1 aliphatic rings. The van der Waals surface area contributed by atoms with Crippen LogP contribution in [0.1, 0.15) is 62.1 Å². The van der Waals surface area contributed by atoms with Gasteiger partial charge in [-0.25, -0.2) is 4.31 Å². The van der Waals surface area contributed by atoms with Crippen molar-refractivity contribution in [1.29, 1.82) is 0 Å². The zero-order valence-corrected chi connectivity index (χ0v) is 26.2. The van der Waals surface area contributed by atoms with Crippen LogP contribution in [0.15, 0.2) is 36.4 Å². The van der Waals surface area contributed by atoms with Crippen LogP contribution in [0, 0.1) is 13.8 Å². The molecule has 0 bridgehead atoms.